The molecule has 4 heteroatoms. The second-order valence-electron chi connectivity index (χ2n) is 7.04. The van der Waals surface area contributed by atoms with E-state index in [9.17, 15) is 0 Å². The van der Waals surface area contributed by atoms with Gasteiger partial charge in [0, 0.05) is 38.1 Å². The van der Waals surface area contributed by atoms with Gasteiger partial charge in [-0.3, -0.25) is 9.88 Å². The van der Waals surface area contributed by atoms with Crippen LogP contribution in [0.15, 0.2) is 24.5 Å². The third kappa shape index (κ3) is 3.50. The molecule has 3 aliphatic rings. The molecule has 0 amide bonds. The highest BCUT2D eigenvalue weighted by atomic mass is 16.5. The smallest absolute Gasteiger partial charge is 0.0813 e. The number of rotatable bonds is 6. The number of nitrogens with zero attached hydrogens (tertiary/aromatic N) is 2. The van der Waals surface area contributed by atoms with E-state index in [0.29, 0.717) is 18.2 Å². The molecule has 0 radical (unpaired) electrons. The minimum absolute atomic E-state index is 0.320. The zero-order valence-corrected chi connectivity index (χ0v) is 13.2. The molecule has 1 saturated carbocycles. The first-order valence-electron chi connectivity index (χ1n) is 8.74. The van der Waals surface area contributed by atoms with Gasteiger partial charge in [-0.25, -0.2) is 0 Å². The van der Waals surface area contributed by atoms with Gasteiger partial charge in [0.05, 0.1) is 18.8 Å². The number of hydrogen-bond acceptors (Lipinski definition) is 4. The molecule has 0 aromatic carbocycles. The summed E-state index contributed by atoms with van der Waals surface area (Å²) in [7, 11) is 0. The van der Waals surface area contributed by atoms with Gasteiger partial charge >= 0.3 is 0 Å². The monoisotopic (exact) mass is 302 g/mol. The summed E-state index contributed by atoms with van der Waals surface area (Å²) in [4.78, 5) is 6.68. The molecule has 0 spiro atoms. The van der Waals surface area contributed by atoms with Gasteiger partial charge in [0.2, 0.25) is 0 Å². The number of likely N-dealkylation sites (tertiary alicyclic amines) is 1. The fourth-order valence-corrected chi connectivity index (χ4v) is 3.78. The number of aromatic nitrogens is 1. The van der Waals surface area contributed by atoms with Crippen molar-refractivity contribution in [3.05, 3.63) is 30.1 Å². The van der Waals surface area contributed by atoms with E-state index in [-0.39, 0.29) is 0 Å². The first-order chi connectivity index (χ1) is 10.9. The molecule has 1 aromatic rings. The summed E-state index contributed by atoms with van der Waals surface area (Å²) < 4.78 is 12.1. The summed E-state index contributed by atoms with van der Waals surface area (Å²) in [6, 6.07) is 4.82. The van der Waals surface area contributed by atoms with Crippen molar-refractivity contribution in [2.24, 2.45) is 5.92 Å². The summed E-state index contributed by atoms with van der Waals surface area (Å²) in [6.45, 7) is 3.91. The van der Waals surface area contributed by atoms with Crippen LogP contribution in [0.2, 0.25) is 0 Å². The molecular weight excluding hydrogens is 276 g/mol. The summed E-state index contributed by atoms with van der Waals surface area (Å²) in [6.07, 6.45) is 10.8. The molecule has 3 atom stereocenters. The standard InChI is InChI=1S/C18H26N2O2/c1-2-15(1)12-21-13-16-3-4-17-18(22-16)7-10-20(17)11-14-5-8-19-9-6-14/h5-6,8-9,15-18H,1-4,7,10-13H2/t16-,17-,18-/m1/s1. The highest BCUT2D eigenvalue weighted by Crippen LogP contribution is 2.33. The molecule has 3 heterocycles. The van der Waals surface area contributed by atoms with Crippen molar-refractivity contribution in [2.75, 3.05) is 19.8 Å². The predicted octanol–water partition coefficient (Wildman–Crippen LogP) is 2.63. The van der Waals surface area contributed by atoms with Crippen LogP contribution in [-0.4, -0.2) is 47.9 Å². The van der Waals surface area contributed by atoms with Gasteiger partial charge in [0.1, 0.15) is 0 Å². The van der Waals surface area contributed by atoms with Crippen molar-refractivity contribution < 1.29 is 9.47 Å². The molecule has 2 aliphatic heterocycles. The van der Waals surface area contributed by atoms with Gasteiger partial charge in [0.25, 0.3) is 0 Å². The Hall–Kier alpha value is -0.970. The Morgan fingerprint density at radius 1 is 1.09 bits per heavy atom. The van der Waals surface area contributed by atoms with Crippen molar-refractivity contribution in [1.29, 1.82) is 0 Å². The molecule has 1 aliphatic carbocycles. The summed E-state index contributed by atoms with van der Waals surface area (Å²) in [5, 5.41) is 0. The number of fused-ring (bicyclic) bond motifs is 1. The van der Waals surface area contributed by atoms with Crippen LogP contribution in [-0.2, 0) is 16.0 Å². The minimum atomic E-state index is 0.320. The fraction of sp³-hybridized carbons (Fsp3) is 0.722. The molecule has 0 bridgehead atoms. The highest BCUT2D eigenvalue weighted by molar-refractivity contribution is 5.10. The lowest BCUT2D eigenvalue weighted by atomic mass is 9.99. The van der Waals surface area contributed by atoms with Gasteiger partial charge in [-0.15, -0.1) is 0 Å². The average Bonchev–Trinajstić information content (AvgIpc) is 3.29. The summed E-state index contributed by atoms with van der Waals surface area (Å²) >= 11 is 0. The quantitative estimate of drug-likeness (QED) is 0.809. The second kappa shape index (κ2) is 6.65. The highest BCUT2D eigenvalue weighted by Gasteiger charge is 2.39. The molecule has 120 valence electrons. The van der Waals surface area contributed by atoms with Crippen LogP contribution in [0, 0.1) is 5.92 Å². The van der Waals surface area contributed by atoms with E-state index in [1.54, 1.807) is 0 Å². The van der Waals surface area contributed by atoms with E-state index >= 15 is 0 Å². The Morgan fingerprint density at radius 2 is 1.95 bits per heavy atom. The van der Waals surface area contributed by atoms with E-state index in [2.05, 4.69) is 22.0 Å². The number of hydrogen-bond donors (Lipinski definition) is 0. The second-order valence-corrected chi connectivity index (χ2v) is 7.04. The molecule has 0 unspecified atom stereocenters. The number of pyridine rings is 1. The molecule has 4 nitrogen and oxygen atoms in total. The van der Waals surface area contributed by atoms with Gasteiger partial charge < -0.3 is 9.47 Å². The molecule has 0 N–H and O–H groups in total. The summed E-state index contributed by atoms with van der Waals surface area (Å²) in [5.74, 6) is 0.846. The predicted molar refractivity (Wildman–Crippen MR) is 84.5 cm³/mol. The van der Waals surface area contributed by atoms with Gasteiger partial charge in [-0.05, 0) is 55.7 Å². The Balaban J connectivity index is 1.26. The normalized spacial score (nSPS) is 32.1. The topological polar surface area (TPSA) is 34.6 Å². The molecule has 4 rings (SSSR count). The zero-order chi connectivity index (χ0) is 14.8. The van der Waals surface area contributed by atoms with Gasteiger partial charge in [0.15, 0.2) is 0 Å². The SMILES string of the molecule is c1cc(CN2CC[C@H]3O[C@@H](COCC4CC4)CC[C@H]32)ccn1. The van der Waals surface area contributed by atoms with Crippen molar-refractivity contribution in [2.45, 2.75) is 56.9 Å². The van der Waals surface area contributed by atoms with E-state index in [0.717, 1.165) is 45.1 Å². The maximum Gasteiger partial charge on any atom is 0.0813 e. The fourth-order valence-electron chi connectivity index (χ4n) is 3.78. The first-order valence-corrected chi connectivity index (χ1v) is 8.74. The Kier molecular flexibility index (Phi) is 4.42. The molecule has 22 heavy (non-hydrogen) atoms. The van der Waals surface area contributed by atoms with Crippen LogP contribution in [0.4, 0.5) is 0 Å². The van der Waals surface area contributed by atoms with Crippen LogP contribution in [0.5, 0.6) is 0 Å². The van der Waals surface area contributed by atoms with Crippen molar-refractivity contribution >= 4 is 0 Å². The maximum atomic E-state index is 6.30. The van der Waals surface area contributed by atoms with E-state index in [4.69, 9.17) is 9.47 Å². The van der Waals surface area contributed by atoms with E-state index in [1.165, 1.54) is 24.8 Å². The molecule has 1 aromatic heterocycles. The number of ether oxygens (including phenoxy) is 2. The third-order valence-electron chi connectivity index (χ3n) is 5.24. The van der Waals surface area contributed by atoms with E-state index < -0.39 is 0 Å². The largest absolute Gasteiger partial charge is 0.378 e. The summed E-state index contributed by atoms with van der Waals surface area (Å²) in [5.41, 5.74) is 1.35. The third-order valence-corrected chi connectivity index (χ3v) is 5.24. The Labute approximate surface area is 132 Å². The maximum absolute atomic E-state index is 6.30. The van der Waals surface area contributed by atoms with Crippen LogP contribution in [0.1, 0.15) is 37.7 Å². The van der Waals surface area contributed by atoms with Crippen LogP contribution in [0.3, 0.4) is 0 Å². The average molecular weight is 302 g/mol. The van der Waals surface area contributed by atoms with Crippen LogP contribution >= 0.6 is 0 Å². The van der Waals surface area contributed by atoms with Gasteiger partial charge in [-0.2, -0.15) is 0 Å². The zero-order valence-electron chi connectivity index (χ0n) is 13.2. The van der Waals surface area contributed by atoms with Crippen LogP contribution in [0.25, 0.3) is 0 Å². The lowest BCUT2D eigenvalue weighted by Gasteiger charge is -2.36. The van der Waals surface area contributed by atoms with Gasteiger partial charge in [-0.1, -0.05) is 0 Å². The Morgan fingerprint density at radius 3 is 2.77 bits per heavy atom. The first kappa shape index (κ1) is 14.6. The molecule has 2 saturated heterocycles. The Bertz CT molecular complexity index is 477. The lowest BCUT2D eigenvalue weighted by molar-refractivity contribution is -0.101. The minimum Gasteiger partial charge on any atom is -0.378 e. The molecule has 3 fully saturated rings. The van der Waals surface area contributed by atoms with Crippen molar-refractivity contribution in [3.8, 4) is 0 Å². The van der Waals surface area contributed by atoms with E-state index in [1.807, 2.05) is 12.4 Å². The van der Waals surface area contributed by atoms with Crippen molar-refractivity contribution in [3.63, 3.8) is 0 Å². The lowest BCUT2D eigenvalue weighted by Crippen LogP contribution is -2.43. The molecular formula is C18H26N2O2. The van der Waals surface area contributed by atoms with Crippen LogP contribution < -0.4 is 0 Å². The van der Waals surface area contributed by atoms with Crippen molar-refractivity contribution in [1.82, 2.24) is 9.88 Å².